The second kappa shape index (κ2) is 24.0. The average Bonchev–Trinajstić information content (AvgIpc) is 3.54. The number of methoxy groups -OCH3 is 1. The summed E-state index contributed by atoms with van der Waals surface area (Å²) in [4.78, 5) is 30.7. The normalized spacial score (nSPS) is 19.0. The second-order valence-corrected chi connectivity index (χ2v) is 17.0. The standard InChI is InChI=1S/C39H55Br4N3O6/c1-4-5-16-27(2)17-13-11-9-7-6-8-10-12-14-18-33(47)44-21-19-28-23-29(40)35(30(41)24-28)51-22-15-20-45-38(49)32-26-39(52-46-32)25-31(42)36(50-3)34(43)37(39)48/h7,9,23-25,27,37,48H,4-6,8,10-22,26H2,1-3H3,(H,44,47)(H,45,49)/b9-7-/t27?,37-,39+/m1/s1. The van der Waals surface area contributed by atoms with Crippen molar-refractivity contribution in [3.63, 3.8) is 0 Å². The van der Waals surface area contributed by atoms with Crippen molar-refractivity contribution in [2.75, 3.05) is 26.8 Å². The molecule has 1 heterocycles. The van der Waals surface area contributed by atoms with Crippen LogP contribution in [0.1, 0.15) is 109 Å². The zero-order chi connectivity index (χ0) is 37.9. The van der Waals surface area contributed by atoms with Gasteiger partial charge in [-0.3, -0.25) is 9.59 Å². The number of nitrogens with zero attached hydrogens (tertiary/aromatic N) is 1. The lowest BCUT2D eigenvalue weighted by molar-refractivity contribution is -0.121. The second-order valence-electron chi connectivity index (χ2n) is 13.6. The van der Waals surface area contributed by atoms with Crippen LogP contribution in [-0.4, -0.2) is 61.1 Å². The van der Waals surface area contributed by atoms with E-state index in [-0.39, 0.29) is 23.9 Å². The van der Waals surface area contributed by atoms with Crippen molar-refractivity contribution in [3.05, 3.63) is 59.6 Å². The van der Waals surface area contributed by atoms with Crippen LogP contribution >= 0.6 is 63.7 Å². The van der Waals surface area contributed by atoms with Gasteiger partial charge in [-0.2, -0.15) is 0 Å². The van der Waals surface area contributed by atoms with Crippen molar-refractivity contribution in [3.8, 4) is 5.75 Å². The van der Waals surface area contributed by atoms with Gasteiger partial charge in [-0.05, 0) is 138 Å². The third-order valence-electron chi connectivity index (χ3n) is 9.20. The fraction of sp³-hybridized carbons (Fsp3) is 0.615. The number of carbonyl (C=O) groups is 2. The lowest BCUT2D eigenvalue weighted by Crippen LogP contribution is -2.45. The van der Waals surface area contributed by atoms with Crippen LogP contribution in [0, 0.1) is 5.92 Å². The molecular formula is C39H55Br4N3O6. The van der Waals surface area contributed by atoms with Gasteiger partial charge < -0.3 is 30.1 Å². The lowest BCUT2D eigenvalue weighted by Gasteiger charge is -2.33. The summed E-state index contributed by atoms with van der Waals surface area (Å²) in [5, 5.41) is 20.7. The minimum Gasteiger partial charge on any atom is -0.495 e. The van der Waals surface area contributed by atoms with Crippen LogP contribution in [-0.2, 0) is 25.6 Å². The van der Waals surface area contributed by atoms with E-state index in [9.17, 15) is 14.7 Å². The average molecular weight is 982 g/mol. The molecule has 2 amide bonds. The van der Waals surface area contributed by atoms with Crippen molar-refractivity contribution >= 4 is 81.2 Å². The fourth-order valence-corrected chi connectivity index (χ4v) is 9.42. The van der Waals surface area contributed by atoms with Gasteiger partial charge >= 0.3 is 0 Å². The number of ether oxygens (including phenoxy) is 2. The summed E-state index contributed by atoms with van der Waals surface area (Å²) in [7, 11) is 1.50. The van der Waals surface area contributed by atoms with Crippen LogP contribution in [0.25, 0.3) is 0 Å². The molecule has 1 aliphatic carbocycles. The predicted octanol–water partition coefficient (Wildman–Crippen LogP) is 10.1. The molecule has 0 radical (unpaired) electrons. The summed E-state index contributed by atoms with van der Waals surface area (Å²) >= 11 is 14.0. The Bertz CT molecular complexity index is 1430. The molecule has 0 aromatic heterocycles. The van der Waals surface area contributed by atoms with E-state index in [4.69, 9.17) is 14.3 Å². The van der Waals surface area contributed by atoms with Gasteiger partial charge in [0, 0.05) is 25.9 Å². The van der Waals surface area contributed by atoms with Crippen LogP contribution in [0.4, 0.5) is 0 Å². The highest BCUT2D eigenvalue weighted by Gasteiger charge is 2.50. The number of benzene rings is 1. The number of hydrogen-bond acceptors (Lipinski definition) is 7. The number of rotatable bonds is 24. The van der Waals surface area contributed by atoms with Gasteiger partial charge in [0.2, 0.25) is 5.91 Å². The molecule has 0 saturated heterocycles. The summed E-state index contributed by atoms with van der Waals surface area (Å²) in [5.74, 6) is 1.73. The first kappa shape index (κ1) is 44.7. The Balaban J connectivity index is 1.24. The molecule has 0 fully saturated rings. The fourth-order valence-electron chi connectivity index (χ4n) is 6.12. The largest absolute Gasteiger partial charge is 0.495 e. The molecule has 0 bridgehead atoms. The highest BCUT2D eigenvalue weighted by atomic mass is 79.9. The topological polar surface area (TPSA) is 118 Å². The van der Waals surface area contributed by atoms with Crippen molar-refractivity contribution in [2.24, 2.45) is 11.1 Å². The Hall–Kier alpha value is -1.67. The van der Waals surface area contributed by atoms with Gasteiger partial charge in [0.25, 0.3) is 5.91 Å². The van der Waals surface area contributed by atoms with E-state index in [0.717, 1.165) is 46.1 Å². The van der Waals surface area contributed by atoms with E-state index in [1.54, 1.807) is 6.08 Å². The first-order valence-corrected chi connectivity index (χ1v) is 21.7. The maximum Gasteiger partial charge on any atom is 0.269 e. The van der Waals surface area contributed by atoms with Crippen LogP contribution in [0.3, 0.4) is 0 Å². The number of amides is 2. The Morgan fingerprint density at radius 3 is 2.40 bits per heavy atom. The van der Waals surface area contributed by atoms with Gasteiger partial charge in [0.1, 0.15) is 23.3 Å². The number of allylic oxidation sites excluding steroid dienone is 3. The summed E-state index contributed by atoms with van der Waals surface area (Å²) in [5.41, 5.74) is 0.0630. The van der Waals surface area contributed by atoms with E-state index in [0.29, 0.717) is 59.4 Å². The number of halogens is 4. The monoisotopic (exact) mass is 977 g/mol. The number of aliphatic hydroxyl groups is 1. The number of carbonyl (C=O) groups excluding carboxylic acids is 2. The van der Waals surface area contributed by atoms with Gasteiger partial charge in [-0.25, -0.2) is 0 Å². The minimum absolute atomic E-state index is 0.102. The van der Waals surface area contributed by atoms with E-state index in [1.807, 2.05) is 12.1 Å². The van der Waals surface area contributed by atoms with E-state index in [1.165, 1.54) is 52.1 Å². The maximum absolute atomic E-state index is 12.8. The van der Waals surface area contributed by atoms with Gasteiger partial charge in [0.15, 0.2) is 5.60 Å². The Kier molecular flexibility index (Phi) is 20.6. The summed E-state index contributed by atoms with van der Waals surface area (Å²) in [6.07, 6.45) is 20.5. The Labute approximate surface area is 343 Å². The summed E-state index contributed by atoms with van der Waals surface area (Å²) in [6.45, 7) is 5.96. The first-order valence-electron chi connectivity index (χ1n) is 18.6. The highest BCUT2D eigenvalue weighted by Crippen LogP contribution is 2.44. The van der Waals surface area contributed by atoms with Crippen molar-refractivity contribution in [1.29, 1.82) is 0 Å². The molecule has 1 spiro atoms. The number of unbranched alkanes of at least 4 members (excludes halogenated alkanes) is 6. The van der Waals surface area contributed by atoms with E-state index >= 15 is 0 Å². The summed E-state index contributed by atoms with van der Waals surface area (Å²) in [6, 6.07) is 4.00. The molecule has 2 aliphatic rings. The number of oxime groups is 1. The van der Waals surface area contributed by atoms with Crippen LogP contribution in [0.15, 0.2) is 59.2 Å². The molecule has 0 saturated carbocycles. The van der Waals surface area contributed by atoms with E-state index in [2.05, 4.69) is 106 Å². The van der Waals surface area contributed by atoms with Gasteiger partial charge in [-0.15, -0.1) is 0 Å². The van der Waals surface area contributed by atoms with Crippen LogP contribution in [0.5, 0.6) is 5.75 Å². The molecule has 3 rings (SSSR count). The molecule has 1 aromatic carbocycles. The molecule has 1 aliphatic heterocycles. The molecule has 3 atom stereocenters. The smallest absolute Gasteiger partial charge is 0.269 e. The zero-order valence-corrected chi connectivity index (χ0v) is 37.1. The van der Waals surface area contributed by atoms with Gasteiger partial charge in [0.05, 0.1) is 31.6 Å². The predicted molar refractivity (Wildman–Crippen MR) is 223 cm³/mol. The molecule has 1 aromatic rings. The van der Waals surface area contributed by atoms with Crippen molar-refractivity contribution in [2.45, 2.75) is 122 Å². The first-order chi connectivity index (χ1) is 25.0. The minimum atomic E-state index is -1.20. The number of nitrogens with one attached hydrogen (secondary N) is 2. The molecule has 13 heteroatoms. The third-order valence-corrected chi connectivity index (χ3v) is 11.8. The lowest BCUT2D eigenvalue weighted by atomic mass is 9.87. The molecule has 290 valence electrons. The van der Waals surface area contributed by atoms with Crippen LogP contribution in [0.2, 0.25) is 0 Å². The zero-order valence-electron chi connectivity index (χ0n) is 30.7. The molecular weight excluding hydrogens is 926 g/mol. The van der Waals surface area contributed by atoms with E-state index < -0.39 is 11.7 Å². The highest BCUT2D eigenvalue weighted by molar-refractivity contribution is 9.12. The molecule has 52 heavy (non-hydrogen) atoms. The Morgan fingerprint density at radius 1 is 1.00 bits per heavy atom. The maximum atomic E-state index is 12.8. The van der Waals surface area contributed by atoms with Crippen molar-refractivity contribution < 1.29 is 29.0 Å². The molecule has 9 nitrogen and oxygen atoms in total. The number of aliphatic hydroxyl groups excluding tert-OH is 1. The number of hydrogen-bond donors (Lipinski definition) is 3. The van der Waals surface area contributed by atoms with Gasteiger partial charge in [-0.1, -0.05) is 69.7 Å². The third kappa shape index (κ3) is 14.5. The quantitative estimate of drug-likeness (QED) is 0.0702. The molecule has 3 N–H and O–H groups in total. The summed E-state index contributed by atoms with van der Waals surface area (Å²) < 4.78 is 13.9. The Morgan fingerprint density at radius 2 is 1.69 bits per heavy atom. The van der Waals surface area contributed by atoms with Crippen molar-refractivity contribution in [1.82, 2.24) is 10.6 Å². The SMILES string of the molecule is CCCCC(C)CCC/C=C\CCCCCCC(=O)NCCc1cc(Br)c(OCCCNC(=O)C2=NO[C@@]3(C=C(Br)C(OC)=C(Br)[C@H]3O)C2)c(Br)c1. The molecule has 1 unspecified atom stereocenters. The van der Waals surface area contributed by atoms with Crippen LogP contribution < -0.4 is 15.4 Å².